The highest BCUT2D eigenvalue weighted by Gasteiger charge is 2.41. The molecule has 1 aromatic heterocycles. The first-order valence-electron chi connectivity index (χ1n) is 5.92. The van der Waals surface area contributed by atoms with Crippen LogP contribution in [0.15, 0.2) is 18.7 Å². The topological polar surface area (TPSA) is 70.7 Å². The predicted molar refractivity (Wildman–Crippen MR) is 61.8 cm³/mol. The number of carbonyl (C=O) groups is 1. The monoisotopic (exact) mass is 232 g/mol. The highest BCUT2D eigenvalue weighted by Crippen LogP contribution is 2.37. The van der Waals surface area contributed by atoms with Crippen LogP contribution in [0.1, 0.15) is 25.7 Å². The van der Waals surface area contributed by atoms with Crippen molar-refractivity contribution in [2.45, 2.75) is 32.2 Å². The summed E-state index contributed by atoms with van der Waals surface area (Å²) in [5, 5.41) is 12.0. The van der Waals surface area contributed by atoms with Crippen LogP contribution in [0.25, 0.3) is 0 Å². The van der Waals surface area contributed by atoms with Crippen LogP contribution < -0.4 is 5.32 Å². The van der Waals surface area contributed by atoms with E-state index in [0.717, 1.165) is 12.8 Å². The molecule has 1 heterocycles. The highest BCUT2D eigenvalue weighted by atomic mass is 16.2. The van der Waals surface area contributed by atoms with E-state index in [1.54, 1.807) is 12.5 Å². The Kier molecular flexibility index (Phi) is 3.43. The van der Waals surface area contributed by atoms with Crippen molar-refractivity contribution in [2.24, 2.45) is 5.41 Å². The number of carbonyl (C=O) groups excluding carboxylic acids is 1. The molecular weight excluding hydrogens is 216 g/mol. The summed E-state index contributed by atoms with van der Waals surface area (Å²) in [5.74, 6) is -0.113. The van der Waals surface area contributed by atoms with E-state index >= 15 is 0 Å². The van der Waals surface area contributed by atoms with Crippen LogP contribution in [0.3, 0.4) is 0 Å². The Morgan fingerprint density at radius 2 is 2.29 bits per heavy atom. The number of rotatable bonds is 4. The number of nitriles is 1. The standard InChI is InChI=1S/C12H16N4O/c13-9-12(3-1-2-4-12)11(17)15-6-8-16-7-5-14-10-16/h5,7,10H,1-4,6,8H2,(H,15,17). The van der Waals surface area contributed by atoms with E-state index in [4.69, 9.17) is 5.26 Å². The van der Waals surface area contributed by atoms with Gasteiger partial charge in [0.25, 0.3) is 0 Å². The molecular formula is C12H16N4O. The van der Waals surface area contributed by atoms with Crippen LogP contribution in [0.5, 0.6) is 0 Å². The maximum atomic E-state index is 12.0. The number of amides is 1. The molecule has 0 aromatic carbocycles. The fraction of sp³-hybridized carbons (Fsp3) is 0.583. The maximum absolute atomic E-state index is 12.0. The Balaban J connectivity index is 1.83. The number of aromatic nitrogens is 2. The summed E-state index contributed by atoms with van der Waals surface area (Å²) in [4.78, 5) is 15.9. The summed E-state index contributed by atoms with van der Waals surface area (Å²) in [6, 6.07) is 2.19. The van der Waals surface area contributed by atoms with Crippen LogP contribution >= 0.6 is 0 Å². The normalized spacial score (nSPS) is 17.6. The lowest BCUT2D eigenvalue weighted by atomic mass is 9.87. The molecule has 1 aromatic rings. The van der Waals surface area contributed by atoms with E-state index in [1.807, 2.05) is 10.8 Å². The van der Waals surface area contributed by atoms with Gasteiger partial charge < -0.3 is 9.88 Å². The van der Waals surface area contributed by atoms with Crippen molar-refractivity contribution in [3.63, 3.8) is 0 Å². The zero-order valence-electron chi connectivity index (χ0n) is 9.72. The zero-order chi connectivity index (χ0) is 12.1. The second kappa shape index (κ2) is 5.00. The van der Waals surface area contributed by atoms with Gasteiger partial charge in [0.05, 0.1) is 12.4 Å². The highest BCUT2D eigenvalue weighted by molar-refractivity contribution is 5.85. The van der Waals surface area contributed by atoms with Crippen LogP contribution in [0.2, 0.25) is 0 Å². The molecule has 2 rings (SSSR count). The van der Waals surface area contributed by atoms with Crippen LogP contribution in [-0.2, 0) is 11.3 Å². The van der Waals surface area contributed by atoms with Gasteiger partial charge in [0.2, 0.25) is 5.91 Å². The van der Waals surface area contributed by atoms with E-state index in [-0.39, 0.29) is 5.91 Å². The lowest BCUT2D eigenvalue weighted by molar-refractivity contribution is -0.127. The molecule has 0 aliphatic heterocycles. The molecule has 0 unspecified atom stereocenters. The molecule has 90 valence electrons. The number of nitrogens with one attached hydrogen (secondary N) is 1. The Morgan fingerprint density at radius 1 is 1.53 bits per heavy atom. The van der Waals surface area contributed by atoms with Crippen molar-refractivity contribution in [3.05, 3.63) is 18.7 Å². The average Bonchev–Trinajstić information content (AvgIpc) is 3.00. The lowest BCUT2D eigenvalue weighted by Gasteiger charge is -2.19. The molecule has 1 aliphatic rings. The van der Waals surface area contributed by atoms with Crippen molar-refractivity contribution >= 4 is 5.91 Å². The van der Waals surface area contributed by atoms with Gasteiger partial charge in [-0.1, -0.05) is 12.8 Å². The Labute approximate surface area is 100 Å². The maximum Gasteiger partial charge on any atom is 0.240 e. The minimum atomic E-state index is -0.769. The van der Waals surface area contributed by atoms with Gasteiger partial charge in [0, 0.05) is 25.5 Å². The zero-order valence-corrected chi connectivity index (χ0v) is 9.72. The minimum Gasteiger partial charge on any atom is -0.353 e. The summed E-state index contributed by atoms with van der Waals surface area (Å²) in [5.41, 5.74) is -0.769. The lowest BCUT2D eigenvalue weighted by Crippen LogP contribution is -2.39. The third-order valence-electron chi connectivity index (χ3n) is 3.32. The molecule has 1 N–H and O–H groups in total. The third-order valence-corrected chi connectivity index (χ3v) is 3.32. The molecule has 5 nitrogen and oxygen atoms in total. The van der Waals surface area contributed by atoms with E-state index in [1.165, 1.54) is 0 Å². The molecule has 0 radical (unpaired) electrons. The van der Waals surface area contributed by atoms with Gasteiger partial charge in [-0.3, -0.25) is 4.79 Å². The summed E-state index contributed by atoms with van der Waals surface area (Å²) in [6.45, 7) is 1.23. The molecule has 5 heteroatoms. The predicted octanol–water partition coefficient (Wildman–Crippen LogP) is 1.08. The van der Waals surface area contributed by atoms with Crippen LogP contribution in [-0.4, -0.2) is 22.0 Å². The minimum absolute atomic E-state index is 0.113. The van der Waals surface area contributed by atoms with Gasteiger partial charge in [-0.15, -0.1) is 0 Å². The molecule has 17 heavy (non-hydrogen) atoms. The van der Waals surface area contributed by atoms with Crippen molar-refractivity contribution in [1.29, 1.82) is 5.26 Å². The number of nitrogens with zero attached hydrogens (tertiary/aromatic N) is 3. The van der Waals surface area contributed by atoms with Crippen molar-refractivity contribution in [1.82, 2.24) is 14.9 Å². The van der Waals surface area contributed by atoms with Gasteiger partial charge in [-0.05, 0) is 12.8 Å². The summed E-state index contributed by atoms with van der Waals surface area (Å²) >= 11 is 0. The molecule has 1 amide bonds. The molecule has 1 aliphatic carbocycles. The average molecular weight is 232 g/mol. The van der Waals surface area contributed by atoms with Crippen LogP contribution in [0.4, 0.5) is 0 Å². The Bertz CT molecular complexity index is 412. The largest absolute Gasteiger partial charge is 0.353 e. The molecule has 1 saturated carbocycles. The number of imidazole rings is 1. The van der Waals surface area contributed by atoms with E-state index < -0.39 is 5.41 Å². The SMILES string of the molecule is N#CC1(C(=O)NCCn2ccnc2)CCCC1. The van der Waals surface area contributed by atoms with Gasteiger partial charge in [0.1, 0.15) is 5.41 Å². The summed E-state index contributed by atoms with van der Waals surface area (Å²) < 4.78 is 1.90. The van der Waals surface area contributed by atoms with Gasteiger partial charge in [0.15, 0.2) is 0 Å². The number of hydrogen-bond acceptors (Lipinski definition) is 3. The van der Waals surface area contributed by atoms with Crippen LogP contribution in [0, 0.1) is 16.7 Å². The van der Waals surface area contributed by atoms with Crippen molar-refractivity contribution in [2.75, 3.05) is 6.54 Å². The summed E-state index contributed by atoms with van der Waals surface area (Å²) in [6.07, 6.45) is 8.60. The Hall–Kier alpha value is -1.83. The number of hydrogen-bond donors (Lipinski definition) is 1. The Morgan fingerprint density at radius 3 is 2.88 bits per heavy atom. The second-order valence-corrected chi connectivity index (χ2v) is 4.46. The second-order valence-electron chi connectivity index (χ2n) is 4.46. The fourth-order valence-corrected chi connectivity index (χ4v) is 2.25. The first-order valence-corrected chi connectivity index (χ1v) is 5.92. The third kappa shape index (κ3) is 2.47. The fourth-order valence-electron chi connectivity index (χ4n) is 2.25. The molecule has 0 atom stereocenters. The quantitative estimate of drug-likeness (QED) is 0.844. The molecule has 0 saturated heterocycles. The van der Waals surface area contributed by atoms with E-state index in [9.17, 15) is 4.79 Å². The molecule has 0 spiro atoms. The summed E-state index contributed by atoms with van der Waals surface area (Å²) in [7, 11) is 0. The van der Waals surface area contributed by atoms with E-state index in [0.29, 0.717) is 25.9 Å². The van der Waals surface area contributed by atoms with Gasteiger partial charge in [-0.25, -0.2) is 4.98 Å². The molecule has 0 bridgehead atoms. The van der Waals surface area contributed by atoms with Gasteiger partial charge in [-0.2, -0.15) is 5.26 Å². The first-order chi connectivity index (χ1) is 8.27. The first kappa shape index (κ1) is 11.6. The van der Waals surface area contributed by atoms with Crippen molar-refractivity contribution in [3.8, 4) is 6.07 Å². The smallest absolute Gasteiger partial charge is 0.240 e. The van der Waals surface area contributed by atoms with Crippen molar-refractivity contribution < 1.29 is 4.79 Å². The van der Waals surface area contributed by atoms with Gasteiger partial charge >= 0.3 is 0 Å². The molecule has 1 fully saturated rings. The van der Waals surface area contributed by atoms with E-state index in [2.05, 4.69) is 16.4 Å².